The van der Waals surface area contributed by atoms with Crippen molar-refractivity contribution < 1.29 is 18.8 Å². The van der Waals surface area contributed by atoms with Crippen LogP contribution in [0, 0.1) is 12.7 Å². The molecule has 2 aromatic heterocycles. The number of pyridine rings is 1. The highest BCUT2D eigenvalue weighted by atomic mass is 19.1. The Kier molecular flexibility index (Phi) is 6.08. The standard InChI is InChI=1S/C22H25FN4O4/c1-12(20-25-14(3)26-31-20)24-19(28)16-10-18(15-6-8-17(23)9-7-15)21(29)27(11-16)13(2)22(4,5)30/h6-13,30H,1-5H3,(H,24,28)/t12-,13?/m1/s1. The van der Waals surface area contributed by atoms with E-state index in [0.717, 1.165) is 0 Å². The molecule has 1 amide bonds. The number of carbonyl (C=O) groups is 1. The van der Waals surface area contributed by atoms with Crippen molar-refractivity contribution in [1.29, 1.82) is 0 Å². The Labute approximate surface area is 178 Å². The van der Waals surface area contributed by atoms with Gasteiger partial charge >= 0.3 is 0 Å². The van der Waals surface area contributed by atoms with Gasteiger partial charge in [-0.15, -0.1) is 0 Å². The summed E-state index contributed by atoms with van der Waals surface area (Å²) in [5.41, 5.74) is -0.770. The largest absolute Gasteiger partial charge is 0.388 e. The maximum Gasteiger partial charge on any atom is 0.258 e. The average Bonchev–Trinajstić information content (AvgIpc) is 3.14. The molecule has 0 aliphatic rings. The molecule has 0 bridgehead atoms. The maximum atomic E-state index is 13.4. The quantitative estimate of drug-likeness (QED) is 0.624. The van der Waals surface area contributed by atoms with Gasteiger partial charge in [0.1, 0.15) is 11.9 Å². The molecule has 164 valence electrons. The lowest BCUT2D eigenvalue weighted by molar-refractivity contribution is 0.0291. The molecular formula is C22H25FN4O4. The number of nitrogens with zero attached hydrogens (tertiary/aromatic N) is 3. The van der Waals surface area contributed by atoms with Gasteiger partial charge in [0, 0.05) is 11.8 Å². The molecule has 8 nitrogen and oxygen atoms in total. The van der Waals surface area contributed by atoms with Crippen molar-refractivity contribution in [2.24, 2.45) is 0 Å². The fraction of sp³-hybridized carbons (Fsp3) is 0.364. The molecule has 3 aromatic rings. The second kappa shape index (κ2) is 8.43. The minimum Gasteiger partial charge on any atom is -0.388 e. The third-order valence-corrected chi connectivity index (χ3v) is 5.16. The summed E-state index contributed by atoms with van der Waals surface area (Å²) >= 11 is 0. The third kappa shape index (κ3) is 4.88. The van der Waals surface area contributed by atoms with Crippen LogP contribution in [0.25, 0.3) is 11.1 Å². The van der Waals surface area contributed by atoms with Gasteiger partial charge in [0.2, 0.25) is 5.89 Å². The summed E-state index contributed by atoms with van der Waals surface area (Å²) in [7, 11) is 0. The van der Waals surface area contributed by atoms with Crippen LogP contribution < -0.4 is 10.9 Å². The first kappa shape index (κ1) is 22.4. The first-order valence-electron chi connectivity index (χ1n) is 9.83. The van der Waals surface area contributed by atoms with E-state index in [0.29, 0.717) is 11.4 Å². The number of nitrogens with one attached hydrogen (secondary N) is 1. The molecule has 0 spiro atoms. The Hall–Kier alpha value is -3.33. The fourth-order valence-electron chi connectivity index (χ4n) is 3.02. The topological polar surface area (TPSA) is 110 Å². The van der Waals surface area contributed by atoms with E-state index in [1.807, 2.05) is 0 Å². The van der Waals surface area contributed by atoms with Gasteiger partial charge in [0.25, 0.3) is 11.5 Å². The number of rotatable bonds is 6. The van der Waals surface area contributed by atoms with E-state index >= 15 is 0 Å². The van der Waals surface area contributed by atoms with Gasteiger partial charge in [-0.3, -0.25) is 9.59 Å². The summed E-state index contributed by atoms with van der Waals surface area (Å²) in [4.78, 5) is 30.2. The fourth-order valence-corrected chi connectivity index (χ4v) is 3.02. The van der Waals surface area contributed by atoms with E-state index in [2.05, 4.69) is 15.5 Å². The number of aryl methyl sites for hydroxylation is 1. The number of carbonyl (C=O) groups excluding carboxylic acids is 1. The van der Waals surface area contributed by atoms with E-state index in [-0.39, 0.29) is 17.0 Å². The number of benzene rings is 1. The first-order valence-corrected chi connectivity index (χ1v) is 9.83. The number of aromatic nitrogens is 3. The molecule has 2 heterocycles. The lowest BCUT2D eigenvalue weighted by atomic mass is 9.98. The van der Waals surface area contributed by atoms with Crippen molar-refractivity contribution in [1.82, 2.24) is 20.0 Å². The monoisotopic (exact) mass is 428 g/mol. The van der Waals surface area contributed by atoms with Crippen molar-refractivity contribution >= 4 is 5.91 Å². The smallest absolute Gasteiger partial charge is 0.258 e. The van der Waals surface area contributed by atoms with Crippen molar-refractivity contribution in [3.63, 3.8) is 0 Å². The number of amides is 1. The Balaban J connectivity index is 2.06. The van der Waals surface area contributed by atoms with Crippen molar-refractivity contribution in [3.05, 3.63) is 70.0 Å². The van der Waals surface area contributed by atoms with Gasteiger partial charge in [0.05, 0.1) is 17.2 Å². The van der Waals surface area contributed by atoms with E-state index in [1.54, 1.807) is 34.6 Å². The second-order valence-electron chi connectivity index (χ2n) is 8.07. The van der Waals surface area contributed by atoms with E-state index in [9.17, 15) is 19.1 Å². The molecule has 1 unspecified atom stereocenters. The molecule has 0 saturated heterocycles. The van der Waals surface area contributed by atoms with Gasteiger partial charge in [-0.05, 0) is 58.4 Å². The van der Waals surface area contributed by atoms with Crippen LogP contribution in [-0.2, 0) is 0 Å². The van der Waals surface area contributed by atoms with Gasteiger partial charge in [-0.1, -0.05) is 17.3 Å². The summed E-state index contributed by atoms with van der Waals surface area (Å²) in [5, 5.41) is 16.9. The SMILES string of the molecule is Cc1noc([C@@H](C)NC(=O)c2cc(-c3ccc(F)cc3)c(=O)n(C(C)C(C)(C)O)c2)n1. The van der Waals surface area contributed by atoms with Crippen LogP contribution in [-0.4, -0.2) is 31.3 Å². The minimum absolute atomic E-state index is 0.193. The third-order valence-electron chi connectivity index (χ3n) is 5.16. The van der Waals surface area contributed by atoms with Gasteiger partial charge in [-0.25, -0.2) is 4.39 Å². The van der Waals surface area contributed by atoms with Crippen molar-refractivity contribution in [2.75, 3.05) is 0 Å². The van der Waals surface area contributed by atoms with E-state index < -0.39 is 35.0 Å². The van der Waals surface area contributed by atoms with Crippen LogP contribution in [0.4, 0.5) is 4.39 Å². The molecule has 9 heteroatoms. The van der Waals surface area contributed by atoms with Crippen LogP contribution in [0.3, 0.4) is 0 Å². The van der Waals surface area contributed by atoms with Crippen molar-refractivity contribution in [3.8, 4) is 11.1 Å². The molecule has 31 heavy (non-hydrogen) atoms. The lowest BCUT2D eigenvalue weighted by Gasteiger charge is -2.28. The Morgan fingerprint density at radius 3 is 2.45 bits per heavy atom. The summed E-state index contributed by atoms with van der Waals surface area (Å²) in [6.07, 6.45) is 1.40. The zero-order chi connectivity index (χ0) is 22.9. The number of hydrogen-bond acceptors (Lipinski definition) is 6. The van der Waals surface area contributed by atoms with E-state index in [1.165, 1.54) is 41.1 Å². The predicted octanol–water partition coefficient (Wildman–Crippen LogP) is 3.17. The predicted molar refractivity (Wildman–Crippen MR) is 112 cm³/mol. The molecule has 2 N–H and O–H groups in total. The van der Waals surface area contributed by atoms with Crippen LogP contribution >= 0.6 is 0 Å². The molecular weight excluding hydrogens is 403 g/mol. The van der Waals surface area contributed by atoms with Crippen LogP contribution in [0.2, 0.25) is 0 Å². The zero-order valence-corrected chi connectivity index (χ0v) is 18.0. The Morgan fingerprint density at radius 2 is 1.90 bits per heavy atom. The summed E-state index contributed by atoms with van der Waals surface area (Å²) in [6.45, 7) is 8.20. The molecule has 0 radical (unpaired) electrons. The average molecular weight is 428 g/mol. The van der Waals surface area contributed by atoms with Gasteiger partial charge in [-0.2, -0.15) is 4.98 Å². The number of aliphatic hydroxyl groups is 1. The number of halogens is 1. The molecule has 0 aliphatic heterocycles. The van der Waals surface area contributed by atoms with Gasteiger partial charge < -0.3 is 19.5 Å². The molecule has 1 aromatic carbocycles. The van der Waals surface area contributed by atoms with Crippen molar-refractivity contribution in [2.45, 2.75) is 52.3 Å². The molecule has 0 saturated carbocycles. The summed E-state index contributed by atoms with van der Waals surface area (Å²) in [5.74, 6) is -0.208. The van der Waals surface area contributed by atoms with Crippen LogP contribution in [0.15, 0.2) is 45.8 Å². The highest BCUT2D eigenvalue weighted by molar-refractivity contribution is 5.95. The maximum absolute atomic E-state index is 13.4. The van der Waals surface area contributed by atoms with E-state index in [4.69, 9.17) is 4.52 Å². The highest BCUT2D eigenvalue weighted by Crippen LogP contribution is 2.24. The van der Waals surface area contributed by atoms with Crippen LogP contribution in [0.5, 0.6) is 0 Å². The highest BCUT2D eigenvalue weighted by Gasteiger charge is 2.27. The Bertz CT molecular complexity index is 1150. The normalized spacial score (nSPS) is 13.6. The molecule has 0 aliphatic carbocycles. The number of hydrogen-bond donors (Lipinski definition) is 2. The summed E-state index contributed by atoms with van der Waals surface area (Å²) < 4.78 is 19.8. The molecule has 3 rings (SSSR count). The molecule has 0 fully saturated rings. The Morgan fingerprint density at radius 1 is 1.26 bits per heavy atom. The van der Waals surface area contributed by atoms with Gasteiger partial charge in [0.15, 0.2) is 5.82 Å². The second-order valence-corrected chi connectivity index (χ2v) is 8.07. The lowest BCUT2D eigenvalue weighted by Crippen LogP contribution is -2.38. The summed E-state index contributed by atoms with van der Waals surface area (Å²) in [6, 6.07) is 5.67. The minimum atomic E-state index is -1.23. The molecule has 2 atom stereocenters. The zero-order valence-electron chi connectivity index (χ0n) is 18.0. The van der Waals surface area contributed by atoms with Crippen LogP contribution in [0.1, 0.15) is 61.9 Å². The first-order chi connectivity index (χ1) is 14.5.